The van der Waals surface area contributed by atoms with Crippen LogP contribution in [-0.2, 0) is 16.1 Å². The summed E-state index contributed by atoms with van der Waals surface area (Å²) in [5.74, 6) is -0.288. The van der Waals surface area contributed by atoms with E-state index >= 15 is 0 Å². The fourth-order valence-electron chi connectivity index (χ4n) is 3.48. The zero-order valence-electron chi connectivity index (χ0n) is 15.6. The van der Waals surface area contributed by atoms with Gasteiger partial charge in [0.25, 0.3) is 11.8 Å². The topological polar surface area (TPSA) is 40.6 Å². The molecule has 4 nitrogen and oxygen atoms in total. The summed E-state index contributed by atoms with van der Waals surface area (Å²) in [6, 6.07) is 17.5. The Morgan fingerprint density at radius 1 is 0.929 bits per heavy atom. The Labute approximate surface area is 174 Å². The number of hydrogen-bond acceptors (Lipinski definition) is 4. The second-order valence-corrected chi connectivity index (χ2v) is 8.42. The Kier molecular flexibility index (Phi) is 5.33. The Morgan fingerprint density at radius 3 is 2.39 bits per heavy atom. The quantitative estimate of drug-likeness (QED) is 0.535. The summed E-state index contributed by atoms with van der Waals surface area (Å²) in [4.78, 5) is 30.2. The van der Waals surface area contributed by atoms with Crippen molar-refractivity contribution < 1.29 is 9.59 Å². The van der Waals surface area contributed by atoms with Crippen LogP contribution in [0.2, 0.25) is 0 Å². The van der Waals surface area contributed by atoms with E-state index in [0.29, 0.717) is 27.9 Å². The monoisotopic (exact) mass is 408 g/mol. The standard InChI is InChI=1S/C22H20N2O2S2/c1-2-3-13-23-21(26)19(28-22(23)27)18-16-11-7-8-12-17(16)24(20(18)25)14-15-9-5-4-6-10-15/h4-12H,2-3,13-14H2,1H3/b19-18+. The van der Waals surface area contributed by atoms with Gasteiger partial charge in [0.1, 0.15) is 4.32 Å². The van der Waals surface area contributed by atoms with Crippen LogP contribution < -0.4 is 4.90 Å². The van der Waals surface area contributed by atoms with Crippen LogP contribution in [-0.4, -0.2) is 27.6 Å². The Balaban J connectivity index is 1.74. The van der Waals surface area contributed by atoms with E-state index in [1.165, 1.54) is 11.8 Å². The molecule has 4 rings (SSSR count). The minimum absolute atomic E-state index is 0.138. The maximum atomic E-state index is 13.4. The first-order valence-electron chi connectivity index (χ1n) is 9.35. The fraction of sp³-hybridized carbons (Fsp3) is 0.227. The van der Waals surface area contributed by atoms with Gasteiger partial charge in [-0.2, -0.15) is 0 Å². The van der Waals surface area contributed by atoms with Gasteiger partial charge in [-0.1, -0.05) is 85.9 Å². The molecule has 2 amide bonds. The molecule has 2 aromatic carbocycles. The molecule has 142 valence electrons. The van der Waals surface area contributed by atoms with E-state index in [1.807, 2.05) is 54.6 Å². The minimum atomic E-state index is -0.150. The Morgan fingerprint density at radius 2 is 1.64 bits per heavy atom. The number of thioether (sulfide) groups is 1. The zero-order chi connectivity index (χ0) is 19.7. The van der Waals surface area contributed by atoms with Gasteiger partial charge in [0.2, 0.25) is 0 Å². The molecule has 28 heavy (non-hydrogen) atoms. The highest BCUT2D eigenvalue weighted by molar-refractivity contribution is 8.26. The number of carbonyl (C=O) groups is 2. The number of para-hydroxylation sites is 1. The summed E-state index contributed by atoms with van der Waals surface area (Å²) in [7, 11) is 0. The molecule has 0 atom stereocenters. The number of benzene rings is 2. The number of hydrogen-bond donors (Lipinski definition) is 0. The molecule has 0 spiro atoms. The molecule has 2 aliphatic heterocycles. The zero-order valence-corrected chi connectivity index (χ0v) is 17.2. The van der Waals surface area contributed by atoms with Crippen molar-refractivity contribution in [3.8, 4) is 0 Å². The molecule has 0 saturated carbocycles. The lowest BCUT2D eigenvalue weighted by Crippen LogP contribution is -2.30. The largest absolute Gasteiger partial charge is 0.303 e. The number of unbranched alkanes of at least 4 members (excludes halogenated alkanes) is 1. The number of nitrogens with zero attached hydrogens (tertiary/aromatic N) is 2. The third-order valence-corrected chi connectivity index (χ3v) is 6.37. The van der Waals surface area contributed by atoms with Crippen molar-refractivity contribution in [3.63, 3.8) is 0 Å². The predicted octanol–water partition coefficient (Wildman–Crippen LogP) is 4.60. The molecule has 2 heterocycles. The van der Waals surface area contributed by atoms with Crippen molar-refractivity contribution >= 4 is 51.4 Å². The van der Waals surface area contributed by atoms with Crippen LogP contribution in [0.4, 0.5) is 5.69 Å². The van der Waals surface area contributed by atoms with E-state index in [-0.39, 0.29) is 11.8 Å². The summed E-state index contributed by atoms with van der Waals surface area (Å²) in [5, 5.41) is 0. The van der Waals surface area contributed by atoms with Crippen LogP contribution in [0.1, 0.15) is 30.9 Å². The third-order valence-electron chi connectivity index (χ3n) is 4.92. The lowest BCUT2D eigenvalue weighted by atomic mass is 10.1. The van der Waals surface area contributed by atoms with E-state index in [1.54, 1.807) is 9.80 Å². The normalized spacial score (nSPS) is 19.0. The summed E-state index contributed by atoms with van der Waals surface area (Å²) in [6.45, 7) is 3.14. The van der Waals surface area contributed by atoms with Crippen molar-refractivity contribution in [3.05, 3.63) is 70.6 Å². The molecule has 1 saturated heterocycles. The molecule has 2 aliphatic rings. The SMILES string of the molecule is CCCCN1C(=O)/C(=C2\C(=O)N(Cc3ccccc3)c3ccccc32)SC1=S. The van der Waals surface area contributed by atoms with E-state index in [9.17, 15) is 9.59 Å². The van der Waals surface area contributed by atoms with Crippen LogP contribution in [0.25, 0.3) is 5.57 Å². The lowest BCUT2D eigenvalue weighted by Gasteiger charge is -2.17. The van der Waals surface area contributed by atoms with Gasteiger partial charge < -0.3 is 4.90 Å². The van der Waals surface area contributed by atoms with Crippen molar-refractivity contribution in [2.75, 3.05) is 11.4 Å². The van der Waals surface area contributed by atoms with Gasteiger partial charge in [-0.3, -0.25) is 14.5 Å². The highest BCUT2D eigenvalue weighted by Crippen LogP contribution is 2.45. The summed E-state index contributed by atoms with van der Waals surface area (Å²) in [5.41, 5.74) is 3.16. The number of rotatable bonds is 5. The highest BCUT2D eigenvalue weighted by atomic mass is 32.2. The fourth-order valence-corrected chi connectivity index (χ4v) is 4.86. The van der Waals surface area contributed by atoms with Gasteiger partial charge in [0, 0.05) is 12.1 Å². The first-order chi connectivity index (χ1) is 13.6. The molecule has 0 unspecified atom stereocenters. The number of anilines is 1. The molecular formula is C22H20N2O2S2. The van der Waals surface area contributed by atoms with Crippen LogP contribution in [0.15, 0.2) is 59.5 Å². The molecule has 0 N–H and O–H groups in total. The predicted molar refractivity (Wildman–Crippen MR) is 118 cm³/mol. The smallest absolute Gasteiger partial charge is 0.267 e. The Bertz CT molecular complexity index is 985. The minimum Gasteiger partial charge on any atom is -0.303 e. The van der Waals surface area contributed by atoms with E-state index < -0.39 is 0 Å². The van der Waals surface area contributed by atoms with Gasteiger partial charge in [0.05, 0.1) is 22.7 Å². The van der Waals surface area contributed by atoms with Crippen LogP contribution >= 0.6 is 24.0 Å². The highest BCUT2D eigenvalue weighted by Gasteiger charge is 2.41. The molecule has 0 bridgehead atoms. The molecule has 0 radical (unpaired) electrons. The third kappa shape index (κ3) is 3.27. The number of carbonyl (C=O) groups excluding carboxylic acids is 2. The number of thiocarbonyl (C=S) groups is 1. The summed E-state index contributed by atoms with van der Waals surface area (Å²) >= 11 is 6.67. The van der Waals surface area contributed by atoms with Gasteiger partial charge in [-0.25, -0.2) is 0 Å². The van der Waals surface area contributed by atoms with Crippen LogP contribution in [0.3, 0.4) is 0 Å². The van der Waals surface area contributed by atoms with Crippen LogP contribution in [0.5, 0.6) is 0 Å². The molecular weight excluding hydrogens is 388 g/mol. The van der Waals surface area contributed by atoms with E-state index in [0.717, 1.165) is 29.7 Å². The molecule has 0 aliphatic carbocycles. The van der Waals surface area contributed by atoms with Gasteiger partial charge in [-0.05, 0) is 18.1 Å². The van der Waals surface area contributed by atoms with E-state index in [4.69, 9.17) is 12.2 Å². The summed E-state index contributed by atoms with van der Waals surface area (Å²) < 4.78 is 0.535. The van der Waals surface area contributed by atoms with Gasteiger partial charge in [-0.15, -0.1) is 0 Å². The van der Waals surface area contributed by atoms with Crippen molar-refractivity contribution in [1.29, 1.82) is 0 Å². The second-order valence-electron chi connectivity index (χ2n) is 6.78. The molecule has 6 heteroatoms. The average molecular weight is 409 g/mol. The maximum absolute atomic E-state index is 13.4. The van der Waals surface area contributed by atoms with Crippen molar-refractivity contribution in [2.24, 2.45) is 0 Å². The van der Waals surface area contributed by atoms with Gasteiger partial charge >= 0.3 is 0 Å². The number of fused-ring (bicyclic) bond motifs is 1. The molecule has 2 aromatic rings. The first-order valence-corrected chi connectivity index (χ1v) is 10.6. The second kappa shape index (κ2) is 7.89. The average Bonchev–Trinajstić information content (AvgIpc) is 3.14. The van der Waals surface area contributed by atoms with Gasteiger partial charge in [0.15, 0.2) is 0 Å². The summed E-state index contributed by atoms with van der Waals surface area (Å²) in [6.07, 6.45) is 1.87. The van der Waals surface area contributed by atoms with Crippen molar-refractivity contribution in [1.82, 2.24) is 4.90 Å². The first kappa shape index (κ1) is 18.9. The molecule has 0 aromatic heterocycles. The van der Waals surface area contributed by atoms with Crippen LogP contribution in [0, 0.1) is 0 Å². The lowest BCUT2D eigenvalue weighted by molar-refractivity contribution is -0.122. The molecule has 1 fully saturated rings. The number of amides is 2. The Hall–Kier alpha value is -2.44. The van der Waals surface area contributed by atoms with Crippen molar-refractivity contribution in [2.45, 2.75) is 26.3 Å². The maximum Gasteiger partial charge on any atom is 0.267 e. The van der Waals surface area contributed by atoms with E-state index in [2.05, 4.69) is 6.92 Å².